The summed E-state index contributed by atoms with van der Waals surface area (Å²) in [5.41, 5.74) is 3.16. The van der Waals surface area contributed by atoms with E-state index in [0.29, 0.717) is 18.8 Å². The van der Waals surface area contributed by atoms with Crippen molar-refractivity contribution in [1.82, 2.24) is 9.78 Å². The molecule has 0 spiro atoms. The van der Waals surface area contributed by atoms with Crippen LogP contribution in [0.1, 0.15) is 27.8 Å². The number of fused-ring (bicyclic) bond motifs is 1. The molecule has 2 heterocycles. The largest absolute Gasteiger partial charge is 0.365 e. The highest BCUT2D eigenvalue weighted by atomic mass is 79.9. The molecule has 1 aliphatic rings. The minimum absolute atomic E-state index is 0.0643. The van der Waals surface area contributed by atoms with Gasteiger partial charge < -0.3 is 10.1 Å². The van der Waals surface area contributed by atoms with Gasteiger partial charge >= 0.3 is 0 Å². The molecule has 5 nitrogen and oxygen atoms in total. The lowest BCUT2D eigenvalue weighted by Crippen LogP contribution is -2.22. The van der Waals surface area contributed by atoms with E-state index in [1.807, 2.05) is 59.3 Å². The normalized spacial score (nSPS) is 16.3. The molecule has 0 saturated heterocycles. The van der Waals surface area contributed by atoms with Gasteiger partial charge in [-0.15, -0.1) is 0 Å². The summed E-state index contributed by atoms with van der Waals surface area (Å²) < 4.78 is 8.83. The van der Waals surface area contributed by atoms with Gasteiger partial charge in [-0.25, -0.2) is 0 Å². The molecule has 126 valence electrons. The van der Waals surface area contributed by atoms with Gasteiger partial charge in [0.1, 0.15) is 6.10 Å². The minimum atomic E-state index is -0.215. The Morgan fingerprint density at radius 2 is 1.92 bits per heavy atom. The lowest BCUT2D eigenvalue weighted by molar-refractivity contribution is -0.00119. The zero-order valence-corrected chi connectivity index (χ0v) is 14.9. The Morgan fingerprint density at radius 1 is 1.16 bits per heavy atom. The fraction of sp³-hybridized carbons (Fsp3) is 0.158. The van der Waals surface area contributed by atoms with Crippen LogP contribution in [0.2, 0.25) is 0 Å². The van der Waals surface area contributed by atoms with Gasteiger partial charge in [-0.1, -0.05) is 46.3 Å². The highest BCUT2D eigenvalue weighted by Crippen LogP contribution is 2.27. The molecule has 25 heavy (non-hydrogen) atoms. The number of para-hydroxylation sites is 1. The van der Waals surface area contributed by atoms with Gasteiger partial charge in [0.25, 0.3) is 5.91 Å². The molecule has 3 aromatic rings. The van der Waals surface area contributed by atoms with E-state index in [4.69, 9.17) is 4.74 Å². The van der Waals surface area contributed by atoms with Crippen LogP contribution in [0.15, 0.2) is 65.1 Å². The smallest absolute Gasteiger partial charge is 0.276 e. The number of nitrogens with one attached hydrogen (secondary N) is 1. The van der Waals surface area contributed by atoms with Crippen molar-refractivity contribution in [3.05, 3.63) is 82.1 Å². The number of nitrogens with zero attached hydrogens (tertiary/aromatic N) is 2. The Labute approximate surface area is 153 Å². The maximum Gasteiger partial charge on any atom is 0.276 e. The van der Waals surface area contributed by atoms with Crippen LogP contribution in [0.4, 0.5) is 5.69 Å². The van der Waals surface area contributed by atoms with Crippen molar-refractivity contribution in [2.45, 2.75) is 19.3 Å². The average Bonchev–Trinajstić information content (AvgIpc) is 3.06. The van der Waals surface area contributed by atoms with Crippen LogP contribution in [-0.2, 0) is 17.9 Å². The summed E-state index contributed by atoms with van der Waals surface area (Å²) in [6, 6.07) is 19.2. The van der Waals surface area contributed by atoms with E-state index in [9.17, 15) is 4.79 Å². The van der Waals surface area contributed by atoms with Gasteiger partial charge in [0.15, 0.2) is 5.69 Å². The summed E-state index contributed by atoms with van der Waals surface area (Å²) in [7, 11) is 0. The van der Waals surface area contributed by atoms with E-state index < -0.39 is 0 Å². The highest BCUT2D eigenvalue weighted by Gasteiger charge is 2.24. The second-order valence-electron chi connectivity index (χ2n) is 5.87. The molecule has 0 radical (unpaired) electrons. The monoisotopic (exact) mass is 397 g/mol. The number of ether oxygens (including phenoxy) is 1. The molecular weight excluding hydrogens is 382 g/mol. The summed E-state index contributed by atoms with van der Waals surface area (Å²) in [5.74, 6) is -0.215. The van der Waals surface area contributed by atoms with Gasteiger partial charge in [0, 0.05) is 10.2 Å². The van der Waals surface area contributed by atoms with Crippen LogP contribution in [0.5, 0.6) is 0 Å². The lowest BCUT2D eigenvalue weighted by Gasteiger charge is -2.24. The van der Waals surface area contributed by atoms with E-state index in [1.165, 1.54) is 0 Å². The van der Waals surface area contributed by atoms with Crippen molar-refractivity contribution < 1.29 is 9.53 Å². The summed E-state index contributed by atoms with van der Waals surface area (Å²) >= 11 is 3.44. The predicted octanol–water partition coefficient (Wildman–Crippen LogP) is 4.17. The number of carbonyl (C=O) groups excluding carboxylic acids is 1. The Kier molecular flexibility index (Phi) is 4.38. The third-order valence-electron chi connectivity index (χ3n) is 4.14. The van der Waals surface area contributed by atoms with E-state index >= 15 is 0 Å². The SMILES string of the molecule is O=C(Nc1ccccc1)c1cc2n(n1)C[C@H](c1ccc(Br)cc1)OC2. The fourth-order valence-electron chi connectivity index (χ4n) is 2.83. The molecule has 4 rings (SSSR count). The minimum Gasteiger partial charge on any atom is -0.365 e. The van der Waals surface area contributed by atoms with Crippen LogP contribution in [-0.4, -0.2) is 15.7 Å². The molecule has 6 heteroatoms. The van der Waals surface area contributed by atoms with Crippen molar-refractivity contribution >= 4 is 27.5 Å². The quantitative estimate of drug-likeness (QED) is 0.721. The van der Waals surface area contributed by atoms with Crippen molar-refractivity contribution in [2.24, 2.45) is 0 Å². The van der Waals surface area contributed by atoms with Gasteiger partial charge in [0.2, 0.25) is 0 Å². The molecule has 1 atom stereocenters. The van der Waals surface area contributed by atoms with Crippen molar-refractivity contribution in [2.75, 3.05) is 5.32 Å². The Morgan fingerprint density at radius 3 is 2.68 bits per heavy atom. The molecule has 0 aliphatic carbocycles. The third kappa shape index (κ3) is 3.50. The Bertz CT molecular complexity index is 891. The molecule has 0 fully saturated rings. The number of hydrogen-bond acceptors (Lipinski definition) is 3. The van der Waals surface area contributed by atoms with Crippen LogP contribution >= 0.6 is 15.9 Å². The molecule has 2 aromatic carbocycles. The maximum absolute atomic E-state index is 12.4. The number of anilines is 1. The Hall–Kier alpha value is -2.44. The first kappa shape index (κ1) is 16.1. The number of carbonyl (C=O) groups is 1. The van der Waals surface area contributed by atoms with Crippen LogP contribution in [0, 0.1) is 0 Å². The van der Waals surface area contributed by atoms with Crippen LogP contribution in [0.25, 0.3) is 0 Å². The zero-order chi connectivity index (χ0) is 17.2. The topological polar surface area (TPSA) is 56.2 Å². The molecule has 0 saturated carbocycles. The first-order chi connectivity index (χ1) is 12.2. The van der Waals surface area contributed by atoms with Crippen molar-refractivity contribution in [3.8, 4) is 0 Å². The van der Waals surface area contributed by atoms with Crippen molar-refractivity contribution in [3.63, 3.8) is 0 Å². The standard InChI is InChI=1S/C19H16BrN3O2/c20-14-8-6-13(7-9-14)18-11-23-16(12-25-18)10-17(22-23)19(24)21-15-4-2-1-3-5-15/h1-10,18H,11-12H2,(H,21,24)/t18-/m1/s1. The van der Waals surface area contributed by atoms with E-state index in [1.54, 1.807) is 6.07 Å². The molecule has 1 N–H and O–H groups in total. The molecule has 1 aliphatic heterocycles. The van der Waals surface area contributed by atoms with E-state index in [0.717, 1.165) is 21.4 Å². The molecule has 0 bridgehead atoms. The molecular formula is C19H16BrN3O2. The predicted molar refractivity (Wildman–Crippen MR) is 98.3 cm³/mol. The summed E-state index contributed by atoms with van der Waals surface area (Å²) in [5, 5.41) is 7.31. The number of amides is 1. The highest BCUT2D eigenvalue weighted by molar-refractivity contribution is 9.10. The van der Waals surface area contributed by atoms with Gasteiger partial charge in [-0.2, -0.15) is 5.10 Å². The third-order valence-corrected chi connectivity index (χ3v) is 4.67. The number of hydrogen-bond donors (Lipinski definition) is 1. The van der Waals surface area contributed by atoms with Crippen molar-refractivity contribution in [1.29, 1.82) is 0 Å². The molecule has 0 unspecified atom stereocenters. The summed E-state index contributed by atoms with van der Waals surface area (Å²) in [4.78, 5) is 12.4. The van der Waals surface area contributed by atoms with Crippen LogP contribution < -0.4 is 5.32 Å². The lowest BCUT2D eigenvalue weighted by atomic mass is 10.1. The fourth-order valence-corrected chi connectivity index (χ4v) is 3.10. The number of rotatable bonds is 3. The molecule has 1 aromatic heterocycles. The number of aromatic nitrogens is 2. The second kappa shape index (κ2) is 6.82. The second-order valence-corrected chi connectivity index (χ2v) is 6.79. The van der Waals surface area contributed by atoms with E-state index in [2.05, 4.69) is 26.3 Å². The first-order valence-corrected chi connectivity index (χ1v) is 8.78. The van der Waals surface area contributed by atoms with Gasteiger partial charge in [-0.05, 0) is 35.9 Å². The van der Waals surface area contributed by atoms with Crippen LogP contribution in [0.3, 0.4) is 0 Å². The average molecular weight is 398 g/mol. The van der Waals surface area contributed by atoms with Gasteiger partial charge in [-0.3, -0.25) is 9.48 Å². The molecule has 1 amide bonds. The Balaban J connectivity index is 1.50. The maximum atomic E-state index is 12.4. The zero-order valence-electron chi connectivity index (χ0n) is 13.4. The summed E-state index contributed by atoms with van der Waals surface area (Å²) in [6.45, 7) is 1.03. The van der Waals surface area contributed by atoms with Gasteiger partial charge in [0.05, 0.1) is 18.8 Å². The number of benzene rings is 2. The summed E-state index contributed by atoms with van der Waals surface area (Å²) in [6.07, 6.45) is -0.0643. The number of halogens is 1. The first-order valence-electron chi connectivity index (χ1n) is 7.99. The van der Waals surface area contributed by atoms with E-state index in [-0.39, 0.29) is 12.0 Å².